The average Bonchev–Trinajstić information content (AvgIpc) is 3.19. The van der Waals surface area contributed by atoms with Crippen LogP contribution in [0.3, 0.4) is 0 Å². The largest absolute Gasteiger partial charge is 0.312 e. The van der Waals surface area contributed by atoms with Crippen molar-refractivity contribution in [3.63, 3.8) is 0 Å². The van der Waals surface area contributed by atoms with Crippen LogP contribution >= 0.6 is 15.9 Å². The Morgan fingerprint density at radius 2 is 2.04 bits per heavy atom. The number of nitriles is 1. The molecule has 1 atom stereocenters. The highest BCUT2D eigenvalue weighted by Crippen LogP contribution is 2.43. The second kappa shape index (κ2) is 6.75. The summed E-state index contributed by atoms with van der Waals surface area (Å²) in [6.07, 6.45) is 0.193. The highest BCUT2D eigenvalue weighted by atomic mass is 79.9. The van der Waals surface area contributed by atoms with Gasteiger partial charge in [-0.2, -0.15) is 5.26 Å². The Balaban J connectivity index is 1.59. The number of halogens is 1. The molecule has 1 fully saturated rings. The van der Waals surface area contributed by atoms with Gasteiger partial charge in [0.15, 0.2) is 0 Å². The van der Waals surface area contributed by atoms with Gasteiger partial charge < -0.3 is 9.80 Å². The van der Waals surface area contributed by atoms with E-state index in [2.05, 4.69) is 41.9 Å². The van der Waals surface area contributed by atoms with Gasteiger partial charge in [0.2, 0.25) is 11.8 Å². The zero-order valence-electron chi connectivity index (χ0n) is 15.8. The maximum absolute atomic E-state index is 13.3. The van der Waals surface area contributed by atoms with E-state index in [-0.39, 0.29) is 29.6 Å². The van der Waals surface area contributed by atoms with Gasteiger partial charge in [-0.1, -0.05) is 35.8 Å². The van der Waals surface area contributed by atoms with Crippen LogP contribution in [0.5, 0.6) is 0 Å². The molecule has 2 aromatic rings. The van der Waals surface area contributed by atoms with Crippen LogP contribution in [0.25, 0.3) is 0 Å². The molecule has 4 rings (SSSR count). The highest BCUT2D eigenvalue weighted by molar-refractivity contribution is 9.10. The molecule has 0 saturated carbocycles. The summed E-state index contributed by atoms with van der Waals surface area (Å²) in [5.74, 6) is -0.479. The molecule has 5 nitrogen and oxygen atoms in total. The van der Waals surface area contributed by atoms with Gasteiger partial charge in [-0.25, -0.2) is 0 Å². The van der Waals surface area contributed by atoms with Gasteiger partial charge in [0.1, 0.15) is 0 Å². The molecule has 0 aromatic heterocycles. The lowest BCUT2D eigenvalue weighted by Crippen LogP contribution is -2.39. The van der Waals surface area contributed by atoms with Gasteiger partial charge >= 0.3 is 0 Å². The lowest BCUT2D eigenvalue weighted by molar-refractivity contribution is -0.124. The van der Waals surface area contributed by atoms with Crippen LogP contribution < -0.4 is 9.80 Å². The van der Waals surface area contributed by atoms with E-state index in [0.717, 1.165) is 15.7 Å². The SMILES string of the molecule is CC1(C)CN(C(=O)C2CC(=O)N(c3cccc(C#N)c3)C2)c2ccc(Br)cc21. The molecule has 2 aromatic carbocycles. The number of carbonyl (C=O) groups excluding carboxylic acids is 2. The van der Waals surface area contributed by atoms with Crippen LogP contribution in [0.1, 0.15) is 31.4 Å². The molecule has 6 heteroatoms. The summed E-state index contributed by atoms with van der Waals surface area (Å²) in [6, 6.07) is 15.0. The van der Waals surface area contributed by atoms with Crippen LogP contribution in [0.4, 0.5) is 11.4 Å². The van der Waals surface area contributed by atoms with E-state index in [1.165, 1.54) is 0 Å². The van der Waals surface area contributed by atoms with Crippen LogP contribution in [0, 0.1) is 17.2 Å². The first kappa shape index (κ1) is 18.7. The molecule has 1 unspecified atom stereocenters. The number of carbonyl (C=O) groups is 2. The molecule has 0 bridgehead atoms. The molecule has 2 aliphatic rings. The summed E-state index contributed by atoms with van der Waals surface area (Å²) in [4.78, 5) is 29.3. The predicted octanol–water partition coefficient (Wildman–Crippen LogP) is 4.00. The third kappa shape index (κ3) is 3.10. The van der Waals surface area contributed by atoms with Crippen molar-refractivity contribution in [2.24, 2.45) is 5.92 Å². The zero-order chi connectivity index (χ0) is 20.1. The van der Waals surface area contributed by atoms with Gasteiger partial charge in [0.25, 0.3) is 0 Å². The van der Waals surface area contributed by atoms with Crippen molar-refractivity contribution in [2.45, 2.75) is 25.7 Å². The lowest BCUT2D eigenvalue weighted by atomic mass is 9.87. The first-order valence-electron chi connectivity index (χ1n) is 9.22. The fourth-order valence-electron chi connectivity index (χ4n) is 4.13. The van der Waals surface area contributed by atoms with Crippen molar-refractivity contribution >= 4 is 39.1 Å². The van der Waals surface area contributed by atoms with Crippen LogP contribution in [-0.2, 0) is 15.0 Å². The molecule has 0 radical (unpaired) electrons. The first-order valence-corrected chi connectivity index (χ1v) is 10.0. The second-order valence-electron chi connectivity index (χ2n) is 8.04. The van der Waals surface area contributed by atoms with Gasteiger partial charge in [-0.15, -0.1) is 0 Å². The Morgan fingerprint density at radius 1 is 1.25 bits per heavy atom. The van der Waals surface area contributed by atoms with Crippen LogP contribution in [-0.4, -0.2) is 24.9 Å². The van der Waals surface area contributed by atoms with E-state index in [9.17, 15) is 9.59 Å². The molecule has 2 heterocycles. The Kier molecular flexibility index (Phi) is 4.51. The number of benzene rings is 2. The van der Waals surface area contributed by atoms with Crippen molar-refractivity contribution in [3.8, 4) is 6.07 Å². The normalized spacial score (nSPS) is 20.2. The predicted molar refractivity (Wildman–Crippen MR) is 111 cm³/mol. The lowest BCUT2D eigenvalue weighted by Gasteiger charge is -2.23. The third-order valence-electron chi connectivity index (χ3n) is 5.56. The minimum atomic E-state index is -0.386. The third-order valence-corrected chi connectivity index (χ3v) is 6.05. The number of nitrogens with zero attached hydrogens (tertiary/aromatic N) is 3. The molecule has 0 N–H and O–H groups in total. The molecule has 142 valence electrons. The van der Waals surface area contributed by atoms with E-state index in [1.807, 2.05) is 17.0 Å². The fourth-order valence-corrected chi connectivity index (χ4v) is 4.50. The number of amides is 2. The molecule has 2 amide bonds. The van der Waals surface area contributed by atoms with Gasteiger partial charge in [0, 0.05) is 40.8 Å². The molecule has 0 aliphatic carbocycles. The van der Waals surface area contributed by atoms with Gasteiger partial charge in [-0.05, 0) is 42.0 Å². The van der Waals surface area contributed by atoms with E-state index >= 15 is 0 Å². The second-order valence-corrected chi connectivity index (χ2v) is 8.95. The van der Waals surface area contributed by atoms with E-state index in [0.29, 0.717) is 24.3 Å². The van der Waals surface area contributed by atoms with E-state index in [4.69, 9.17) is 5.26 Å². The number of hydrogen-bond donors (Lipinski definition) is 0. The van der Waals surface area contributed by atoms with E-state index < -0.39 is 0 Å². The summed E-state index contributed by atoms with van der Waals surface area (Å²) in [5, 5.41) is 9.10. The summed E-state index contributed by atoms with van der Waals surface area (Å²) >= 11 is 3.52. The number of fused-ring (bicyclic) bond motifs is 1. The molecular formula is C22H20BrN3O2. The molecular weight excluding hydrogens is 418 g/mol. The highest BCUT2D eigenvalue weighted by Gasteiger charge is 2.43. The van der Waals surface area contributed by atoms with Crippen molar-refractivity contribution < 1.29 is 9.59 Å². The van der Waals surface area contributed by atoms with Crippen LogP contribution in [0.15, 0.2) is 46.9 Å². The Hall–Kier alpha value is -2.65. The Bertz CT molecular complexity index is 1020. The zero-order valence-corrected chi connectivity index (χ0v) is 17.4. The fraction of sp³-hybridized carbons (Fsp3) is 0.318. The molecule has 28 heavy (non-hydrogen) atoms. The van der Waals surface area contributed by atoms with Gasteiger partial charge in [0.05, 0.1) is 17.6 Å². The number of anilines is 2. The van der Waals surface area contributed by atoms with Crippen molar-refractivity contribution in [1.29, 1.82) is 5.26 Å². The Morgan fingerprint density at radius 3 is 2.79 bits per heavy atom. The van der Waals surface area contributed by atoms with Crippen molar-refractivity contribution in [1.82, 2.24) is 0 Å². The average molecular weight is 438 g/mol. The summed E-state index contributed by atoms with van der Waals surface area (Å²) in [6.45, 7) is 5.21. The summed E-state index contributed by atoms with van der Waals surface area (Å²) in [5.41, 5.74) is 3.10. The Labute approximate surface area is 172 Å². The topological polar surface area (TPSA) is 64.4 Å². The summed E-state index contributed by atoms with van der Waals surface area (Å²) < 4.78 is 0.994. The van der Waals surface area contributed by atoms with Crippen LogP contribution in [0.2, 0.25) is 0 Å². The summed E-state index contributed by atoms with van der Waals surface area (Å²) in [7, 11) is 0. The monoisotopic (exact) mass is 437 g/mol. The van der Waals surface area contributed by atoms with Crippen molar-refractivity contribution in [2.75, 3.05) is 22.9 Å². The standard InChI is InChI=1S/C22H20BrN3O2/c1-22(2)13-26(19-7-6-16(23)10-18(19)22)21(28)15-9-20(27)25(12-15)17-5-3-4-14(8-17)11-24/h3-8,10,15H,9,12-13H2,1-2H3. The van der Waals surface area contributed by atoms with E-state index in [1.54, 1.807) is 29.2 Å². The molecule has 1 saturated heterocycles. The molecule has 0 spiro atoms. The minimum absolute atomic E-state index is 0.0126. The number of hydrogen-bond acceptors (Lipinski definition) is 3. The molecule has 2 aliphatic heterocycles. The minimum Gasteiger partial charge on any atom is -0.312 e. The first-order chi connectivity index (χ1) is 13.3. The smallest absolute Gasteiger partial charge is 0.232 e. The van der Waals surface area contributed by atoms with Gasteiger partial charge in [-0.3, -0.25) is 9.59 Å². The number of rotatable bonds is 2. The maximum Gasteiger partial charge on any atom is 0.232 e. The maximum atomic E-state index is 13.3. The quantitative estimate of drug-likeness (QED) is 0.712. The van der Waals surface area contributed by atoms with Crippen molar-refractivity contribution in [3.05, 3.63) is 58.1 Å².